The van der Waals surface area contributed by atoms with Gasteiger partial charge in [0.2, 0.25) is 17.5 Å². The molecule has 0 spiro atoms. The van der Waals surface area contributed by atoms with Crippen LogP contribution in [0.4, 0.5) is 5.88 Å². The van der Waals surface area contributed by atoms with Crippen molar-refractivity contribution in [2.45, 2.75) is 13.8 Å². The molecule has 4 rings (SSSR count). The molecule has 0 saturated carbocycles. The Kier molecular flexibility index (Phi) is 5.05. The number of piperazine rings is 1. The van der Waals surface area contributed by atoms with Gasteiger partial charge in [-0.25, -0.2) is 0 Å². The van der Waals surface area contributed by atoms with E-state index in [1.807, 2.05) is 72.2 Å². The molecule has 0 radical (unpaired) electrons. The highest BCUT2D eigenvalue weighted by Gasteiger charge is 2.27. The number of aromatic nitrogens is 1. The van der Waals surface area contributed by atoms with Crippen LogP contribution in [-0.2, 0) is 0 Å². The van der Waals surface area contributed by atoms with Gasteiger partial charge in [-0.2, -0.15) is 10.2 Å². The number of hydrogen-bond donors (Lipinski definition) is 0. The number of carbonyl (C=O) groups excluding carboxylic acids is 1. The number of nitriles is 1. The topological polar surface area (TPSA) is 73.4 Å². The van der Waals surface area contributed by atoms with Gasteiger partial charge in [-0.1, -0.05) is 35.4 Å². The van der Waals surface area contributed by atoms with Crippen molar-refractivity contribution in [1.29, 1.82) is 5.26 Å². The Morgan fingerprint density at radius 2 is 1.76 bits per heavy atom. The lowest BCUT2D eigenvalue weighted by atomic mass is 10.1. The van der Waals surface area contributed by atoms with Gasteiger partial charge in [-0.05, 0) is 38.1 Å². The van der Waals surface area contributed by atoms with E-state index >= 15 is 0 Å². The predicted octanol–water partition coefficient (Wildman–Crippen LogP) is 3.79. The predicted molar refractivity (Wildman–Crippen MR) is 111 cm³/mol. The van der Waals surface area contributed by atoms with Gasteiger partial charge in [0.1, 0.15) is 6.07 Å². The summed E-state index contributed by atoms with van der Waals surface area (Å²) in [5.74, 6) is 0.952. The Balaban J connectivity index is 1.49. The molecule has 2 aromatic carbocycles. The number of hydrogen-bond acceptors (Lipinski definition) is 5. The second kappa shape index (κ2) is 7.80. The third-order valence-electron chi connectivity index (χ3n) is 5.13. The molecule has 1 aliphatic rings. The Hall–Kier alpha value is -3.59. The Bertz CT molecular complexity index is 1070. The average molecular weight is 386 g/mol. The van der Waals surface area contributed by atoms with Crippen molar-refractivity contribution in [1.82, 2.24) is 9.88 Å². The van der Waals surface area contributed by atoms with Crippen LogP contribution in [0.1, 0.15) is 27.2 Å². The van der Waals surface area contributed by atoms with E-state index in [2.05, 4.69) is 11.1 Å². The Morgan fingerprint density at radius 3 is 2.41 bits per heavy atom. The van der Waals surface area contributed by atoms with E-state index in [4.69, 9.17) is 4.42 Å². The Labute approximate surface area is 170 Å². The lowest BCUT2D eigenvalue weighted by Crippen LogP contribution is -2.48. The fraction of sp³-hybridized carbons (Fsp3) is 0.261. The first-order chi connectivity index (χ1) is 14.0. The average Bonchev–Trinajstić information content (AvgIpc) is 3.18. The largest absolute Gasteiger partial charge is 0.419 e. The van der Waals surface area contributed by atoms with Crippen LogP contribution in [-0.4, -0.2) is 42.0 Å². The third kappa shape index (κ3) is 3.85. The van der Waals surface area contributed by atoms with E-state index in [1.165, 1.54) is 0 Å². The number of nitrogens with zero attached hydrogens (tertiary/aromatic N) is 4. The number of benzene rings is 2. The summed E-state index contributed by atoms with van der Waals surface area (Å²) in [7, 11) is 0. The first kappa shape index (κ1) is 18.8. The van der Waals surface area contributed by atoms with E-state index < -0.39 is 0 Å². The van der Waals surface area contributed by atoms with Gasteiger partial charge >= 0.3 is 0 Å². The standard InChI is InChI=1S/C23H22N4O2/c1-16-6-8-18(9-7-16)22(28)26-10-12-27(13-11-26)23-20(15-24)25-21(29-23)19-5-3-4-17(2)14-19/h3-9,14H,10-13H2,1-2H3. The maximum atomic E-state index is 12.7. The summed E-state index contributed by atoms with van der Waals surface area (Å²) < 4.78 is 5.97. The van der Waals surface area contributed by atoms with Crippen molar-refractivity contribution >= 4 is 11.8 Å². The zero-order valence-corrected chi connectivity index (χ0v) is 16.6. The van der Waals surface area contributed by atoms with Gasteiger partial charge in [0, 0.05) is 37.3 Å². The molecule has 1 amide bonds. The fourth-order valence-electron chi connectivity index (χ4n) is 3.49. The molecule has 1 aromatic heterocycles. The molecule has 3 aromatic rings. The first-order valence-electron chi connectivity index (χ1n) is 9.64. The quantitative estimate of drug-likeness (QED) is 0.685. The van der Waals surface area contributed by atoms with E-state index in [1.54, 1.807) is 0 Å². The summed E-state index contributed by atoms with van der Waals surface area (Å²) in [6.07, 6.45) is 0. The SMILES string of the molecule is Cc1ccc(C(=O)N2CCN(c3oc(-c4cccc(C)c4)nc3C#N)CC2)cc1. The van der Waals surface area contributed by atoms with Crippen LogP contribution in [0.25, 0.3) is 11.5 Å². The molecule has 146 valence electrons. The molecule has 0 N–H and O–H groups in total. The number of anilines is 1. The number of oxazole rings is 1. The third-order valence-corrected chi connectivity index (χ3v) is 5.13. The molecule has 6 heteroatoms. The monoisotopic (exact) mass is 386 g/mol. The van der Waals surface area contributed by atoms with Gasteiger partial charge in [0.05, 0.1) is 0 Å². The van der Waals surface area contributed by atoms with Crippen LogP contribution in [0.3, 0.4) is 0 Å². The molecular weight excluding hydrogens is 364 g/mol. The Morgan fingerprint density at radius 1 is 1.03 bits per heavy atom. The van der Waals surface area contributed by atoms with Crippen molar-refractivity contribution in [3.63, 3.8) is 0 Å². The summed E-state index contributed by atoms with van der Waals surface area (Å²) in [5, 5.41) is 9.51. The van der Waals surface area contributed by atoms with E-state index in [0.717, 1.165) is 16.7 Å². The van der Waals surface area contributed by atoms with Crippen LogP contribution in [0.5, 0.6) is 0 Å². The molecule has 1 aliphatic heterocycles. The smallest absolute Gasteiger partial charge is 0.253 e. The van der Waals surface area contributed by atoms with Crippen LogP contribution in [0.15, 0.2) is 52.9 Å². The molecule has 0 aliphatic carbocycles. The number of aryl methyl sites for hydroxylation is 2. The second-order valence-electron chi connectivity index (χ2n) is 7.30. The fourth-order valence-corrected chi connectivity index (χ4v) is 3.49. The molecule has 0 atom stereocenters. The summed E-state index contributed by atoms with van der Waals surface area (Å²) in [5.41, 5.74) is 4.05. The zero-order valence-electron chi connectivity index (χ0n) is 16.6. The van der Waals surface area contributed by atoms with Crippen LogP contribution in [0, 0.1) is 25.2 Å². The lowest BCUT2D eigenvalue weighted by Gasteiger charge is -2.34. The normalized spacial score (nSPS) is 14.0. The van der Waals surface area contributed by atoms with E-state index in [9.17, 15) is 10.1 Å². The maximum absolute atomic E-state index is 12.7. The molecule has 1 saturated heterocycles. The van der Waals surface area contributed by atoms with Crippen LogP contribution >= 0.6 is 0 Å². The number of carbonyl (C=O) groups is 1. The van der Waals surface area contributed by atoms with Crippen molar-refractivity contribution in [3.05, 3.63) is 70.9 Å². The van der Waals surface area contributed by atoms with Crippen molar-refractivity contribution in [3.8, 4) is 17.5 Å². The minimum atomic E-state index is 0.0307. The minimum absolute atomic E-state index is 0.0307. The molecule has 2 heterocycles. The van der Waals surface area contributed by atoms with Gasteiger partial charge in [0.15, 0.2) is 0 Å². The highest BCUT2D eigenvalue weighted by atomic mass is 16.4. The number of rotatable bonds is 3. The molecule has 0 unspecified atom stereocenters. The van der Waals surface area contributed by atoms with Crippen molar-refractivity contribution in [2.75, 3.05) is 31.1 Å². The summed E-state index contributed by atoms with van der Waals surface area (Å²) in [6.45, 7) is 6.32. The van der Waals surface area contributed by atoms with Crippen molar-refractivity contribution in [2.24, 2.45) is 0 Å². The summed E-state index contributed by atoms with van der Waals surface area (Å²) in [4.78, 5) is 20.9. The van der Waals surface area contributed by atoms with Crippen molar-refractivity contribution < 1.29 is 9.21 Å². The molecule has 0 bridgehead atoms. The molecule has 1 fully saturated rings. The summed E-state index contributed by atoms with van der Waals surface area (Å²) >= 11 is 0. The lowest BCUT2D eigenvalue weighted by molar-refractivity contribution is 0.0745. The van der Waals surface area contributed by atoms with Crippen LogP contribution in [0.2, 0.25) is 0 Å². The van der Waals surface area contributed by atoms with Crippen LogP contribution < -0.4 is 4.90 Å². The molecule has 29 heavy (non-hydrogen) atoms. The zero-order chi connectivity index (χ0) is 20.4. The first-order valence-corrected chi connectivity index (χ1v) is 9.64. The van der Waals surface area contributed by atoms with Gasteiger partial charge in [-0.15, -0.1) is 0 Å². The second-order valence-corrected chi connectivity index (χ2v) is 7.30. The molecular formula is C23H22N4O2. The summed E-state index contributed by atoms with van der Waals surface area (Å²) in [6, 6.07) is 17.6. The highest BCUT2D eigenvalue weighted by Crippen LogP contribution is 2.29. The van der Waals surface area contributed by atoms with E-state index in [0.29, 0.717) is 43.5 Å². The minimum Gasteiger partial charge on any atom is -0.419 e. The molecule has 6 nitrogen and oxygen atoms in total. The van der Waals surface area contributed by atoms with E-state index in [-0.39, 0.29) is 11.6 Å². The number of amides is 1. The van der Waals surface area contributed by atoms with Gasteiger partial charge < -0.3 is 14.2 Å². The van der Waals surface area contributed by atoms with Gasteiger partial charge in [-0.3, -0.25) is 4.79 Å². The highest BCUT2D eigenvalue weighted by molar-refractivity contribution is 5.94. The maximum Gasteiger partial charge on any atom is 0.253 e. The van der Waals surface area contributed by atoms with Gasteiger partial charge in [0.25, 0.3) is 5.91 Å².